The van der Waals surface area contributed by atoms with E-state index >= 15 is 0 Å². The van der Waals surface area contributed by atoms with Gasteiger partial charge in [0.15, 0.2) is 0 Å². The van der Waals surface area contributed by atoms with Crippen LogP contribution in [0.15, 0.2) is 42.5 Å². The predicted molar refractivity (Wildman–Crippen MR) is 93.9 cm³/mol. The maximum Gasteiger partial charge on any atom is 0.138 e. The first-order chi connectivity index (χ1) is 10.6. The maximum absolute atomic E-state index is 6.15. The van der Waals surface area contributed by atoms with Crippen molar-refractivity contribution in [2.75, 3.05) is 6.61 Å². The van der Waals surface area contributed by atoms with Crippen molar-refractivity contribution in [2.24, 2.45) is 0 Å². The summed E-state index contributed by atoms with van der Waals surface area (Å²) in [6, 6.07) is 14.0. The second kappa shape index (κ2) is 8.42. The molecule has 0 aliphatic rings. The van der Waals surface area contributed by atoms with Crippen LogP contribution in [0.1, 0.15) is 37.4 Å². The number of rotatable bonds is 7. The summed E-state index contributed by atoms with van der Waals surface area (Å²) in [6.07, 6.45) is 0.963. The van der Waals surface area contributed by atoms with Gasteiger partial charge in [-0.25, -0.2) is 0 Å². The van der Waals surface area contributed by atoms with E-state index < -0.39 is 0 Å². The van der Waals surface area contributed by atoms with Gasteiger partial charge in [-0.2, -0.15) is 0 Å². The first-order valence-corrected chi connectivity index (χ1v) is 8.26. The van der Waals surface area contributed by atoms with Gasteiger partial charge in [0.2, 0.25) is 0 Å². The highest BCUT2D eigenvalue weighted by atomic mass is 35.5. The lowest BCUT2D eigenvalue weighted by molar-refractivity contribution is 0.317. The summed E-state index contributed by atoms with van der Waals surface area (Å²) in [5.74, 6) is 0.748. The molecule has 0 radical (unpaired) electrons. The van der Waals surface area contributed by atoms with E-state index in [9.17, 15) is 0 Å². The zero-order valence-electron chi connectivity index (χ0n) is 12.9. The van der Waals surface area contributed by atoms with E-state index in [4.69, 9.17) is 27.9 Å². The van der Waals surface area contributed by atoms with Crippen LogP contribution in [0.25, 0.3) is 0 Å². The lowest BCUT2D eigenvalue weighted by atomic mass is 10.1. The Balaban J connectivity index is 1.99. The SMILES string of the molecule is CCCOc1cc(CNC(C)c2cccc(Cl)c2)ccc1Cl. The van der Waals surface area contributed by atoms with Gasteiger partial charge in [0.25, 0.3) is 0 Å². The summed E-state index contributed by atoms with van der Waals surface area (Å²) in [5, 5.41) is 4.90. The lowest BCUT2D eigenvalue weighted by Gasteiger charge is -2.15. The smallest absolute Gasteiger partial charge is 0.138 e. The van der Waals surface area contributed by atoms with Crippen molar-refractivity contribution in [1.29, 1.82) is 0 Å². The van der Waals surface area contributed by atoms with Crippen LogP contribution in [0.5, 0.6) is 5.75 Å². The molecule has 0 aliphatic heterocycles. The Labute approximate surface area is 142 Å². The van der Waals surface area contributed by atoms with Crippen LogP contribution in [-0.4, -0.2) is 6.61 Å². The Bertz CT molecular complexity index is 616. The fraction of sp³-hybridized carbons (Fsp3) is 0.333. The summed E-state index contributed by atoms with van der Waals surface area (Å²) in [6.45, 7) is 5.62. The van der Waals surface area contributed by atoms with E-state index in [-0.39, 0.29) is 6.04 Å². The molecule has 2 aromatic carbocycles. The minimum Gasteiger partial charge on any atom is -0.492 e. The zero-order chi connectivity index (χ0) is 15.9. The van der Waals surface area contributed by atoms with Gasteiger partial charge in [-0.05, 0) is 48.7 Å². The summed E-state index contributed by atoms with van der Waals surface area (Å²) in [7, 11) is 0. The molecule has 0 fully saturated rings. The van der Waals surface area contributed by atoms with Crippen LogP contribution in [0.3, 0.4) is 0 Å². The van der Waals surface area contributed by atoms with Crippen molar-refractivity contribution in [3.8, 4) is 5.75 Å². The summed E-state index contributed by atoms with van der Waals surface area (Å²) in [5.41, 5.74) is 2.31. The van der Waals surface area contributed by atoms with Gasteiger partial charge in [-0.3, -0.25) is 0 Å². The van der Waals surface area contributed by atoms with Crippen molar-refractivity contribution < 1.29 is 4.74 Å². The predicted octanol–water partition coefficient (Wildman–Crippen LogP) is 5.63. The van der Waals surface area contributed by atoms with E-state index in [0.717, 1.165) is 29.3 Å². The Morgan fingerprint density at radius 3 is 2.68 bits per heavy atom. The molecule has 1 N–H and O–H groups in total. The van der Waals surface area contributed by atoms with Crippen LogP contribution in [0.2, 0.25) is 10.0 Å². The molecule has 0 heterocycles. The normalized spacial score (nSPS) is 12.2. The van der Waals surface area contributed by atoms with E-state index in [2.05, 4.69) is 25.2 Å². The van der Waals surface area contributed by atoms with Gasteiger partial charge >= 0.3 is 0 Å². The molecule has 1 atom stereocenters. The lowest BCUT2D eigenvalue weighted by Crippen LogP contribution is -2.18. The molecule has 0 aliphatic carbocycles. The first-order valence-electron chi connectivity index (χ1n) is 7.50. The Kier molecular flexibility index (Phi) is 6.56. The summed E-state index contributed by atoms with van der Waals surface area (Å²) < 4.78 is 5.66. The van der Waals surface area contributed by atoms with Crippen molar-refractivity contribution in [1.82, 2.24) is 5.32 Å². The first kappa shape index (κ1) is 17.1. The van der Waals surface area contributed by atoms with Crippen molar-refractivity contribution in [3.63, 3.8) is 0 Å². The fourth-order valence-corrected chi connectivity index (χ4v) is 2.52. The molecule has 0 saturated heterocycles. The van der Waals surface area contributed by atoms with Gasteiger partial charge in [-0.1, -0.05) is 48.3 Å². The quantitative estimate of drug-likeness (QED) is 0.706. The number of ether oxygens (including phenoxy) is 1. The molecule has 2 aromatic rings. The van der Waals surface area contributed by atoms with Gasteiger partial charge in [0.1, 0.15) is 5.75 Å². The number of halogens is 2. The minimum absolute atomic E-state index is 0.217. The summed E-state index contributed by atoms with van der Waals surface area (Å²) in [4.78, 5) is 0. The molecular formula is C18H21Cl2NO. The van der Waals surface area contributed by atoms with Crippen LogP contribution >= 0.6 is 23.2 Å². The van der Waals surface area contributed by atoms with Crippen molar-refractivity contribution >= 4 is 23.2 Å². The van der Waals surface area contributed by atoms with Gasteiger partial charge in [-0.15, -0.1) is 0 Å². The molecule has 0 aromatic heterocycles. The van der Waals surface area contributed by atoms with Crippen molar-refractivity contribution in [3.05, 3.63) is 63.6 Å². The molecule has 22 heavy (non-hydrogen) atoms. The molecule has 2 nitrogen and oxygen atoms in total. The van der Waals surface area contributed by atoms with Gasteiger partial charge in [0, 0.05) is 17.6 Å². The second-order valence-electron chi connectivity index (χ2n) is 5.27. The van der Waals surface area contributed by atoms with Crippen LogP contribution in [0, 0.1) is 0 Å². The highest BCUT2D eigenvalue weighted by molar-refractivity contribution is 6.32. The molecule has 0 amide bonds. The molecule has 4 heteroatoms. The Morgan fingerprint density at radius 2 is 1.95 bits per heavy atom. The topological polar surface area (TPSA) is 21.3 Å². The van der Waals surface area contributed by atoms with Crippen LogP contribution in [-0.2, 0) is 6.54 Å². The number of nitrogens with one attached hydrogen (secondary N) is 1. The standard InChI is InChI=1S/C18H21Cl2NO/c1-3-9-22-18-10-14(7-8-17(18)20)12-21-13(2)15-5-4-6-16(19)11-15/h4-8,10-11,13,21H,3,9,12H2,1-2H3. The molecule has 2 rings (SSSR count). The van der Waals surface area contributed by atoms with Gasteiger partial charge in [0.05, 0.1) is 11.6 Å². The van der Waals surface area contributed by atoms with E-state index in [1.807, 2.05) is 36.4 Å². The monoisotopic (exact) mass is 337 g/mol. The molecule has 118 valence electrons. The van der Waals surface area contributed by atoms with Crippen LogP contribution in [0.4, 0.5) is 0 Å². The van der Waals surface area contributed by atoms with Crippen molar-refractivity contribution in [2.45, 2.75) is 32.9 Å². The zero-order valence-corrected chi connectivity index (χ0v) is 14.4. The number of hydrogen-bond acceptors (Lipinski definition) is 2. The highest BCUT2D eigenvalue weighted by Gasteiger charge is 2.07. The third kappa shape index (κ3) is 4.91. The Morgan fingerprint density at radius 1 is 1.14 bits per heavy atom. The average Bonchev–Trinajstić information content (AvgIpc) is 2.52. The Hall–Kier alpha value is -1.22. The third-order valence-electron chi connectivity index (χ3n) is 3.42. The van der Waals surface area contributed by atoms with E-state index in [1.165, 1.54) is 5.56 Å². The van der Waals surface area contributed by atoms with Crippen LogP contribution < -0.4 is 10.1 Å². The van der Waals surface area contributed by atoms with E-state index in [1.54, 1.807) is 0 Å². The van der Waals surface area contributed by atoms with E-state index in [0.29, 0.717) is 11.6 Å². The minimum atomic E-state index is 0.217. The molecule has 1 unspecified atom stereocenters. The number of hydrogen-bond donors (Lipinski definition) is 1. The molecule has 0 spiro atoms. The highest BCUT2D eigenvalue weighted by Crippen LogP contribution is 2.26. The molecular weight excluding hydrogens is 317 g/mol. The molecule has 0 saturated carbocycles. The largest absolute Gasteiger partial charge is 0.492 e. The molecule has 0 bridgehead atoms. The average molecular weight is 338 g/mol. The third-order valence-corrected chi connectivity index (χ3v) is 3.97. The van der Waals surface area contributed by atoms with Gasteiger partial charge < -0.3 is 10.1 Å². The number of benzene rings is 2. The fourth-order valence-electron chi connectivity index (χ4n) is 2.15. The summed E-state index contributed by atoms with van der Waals surface area (Å²) >= 11 is 12.2. The second-order valence-corrected chi connectivity index (χ2v) is 6.11. The maximum atomic E-state index is 6.15.